The van der Waals surface area contributed by atoms with Crippen LogP contribution in [0, 0.1) is 0 Å². The molecule has 1 unspecified atom stereocenters. The van der Waals surface area contributed by atoms with Crippen LogP contribution in [-0.2, 0) is 38.2 Å². The van der Waals surface area contributed by atoms with Crippen molar-refractivity contribution < 1.29 is 53.6 Å². The summed E-state index contributed by atoms with van der Waals surface area (Å²) < 4.78 is 9.40. The van der Waals surface area contributed by atoms with Crippen molar-refractivity contribution in [2.24, 2.45) is 0 Å². The van der Waals surface area contributed by atoms with Gasteiger partial charge in [0.05, 0.1) is 0 Å². The monoisotopic (exact) mass is 432 g/mol. The first-order valence-electron chi connectivity index (χ1n) is 9.71. The van der Waals surface area contributed by atoms with E-state index in [1.165, 1.54) is 0 Å². The highest BCUT2D eigenvalue weighted by atomic mass is 16.6. The first-order valence-corrected chi connectivity index (χ1v) is 9.71. The van der Waals surface area contributed by atoms with Gasteiger partial charge in [-0.3, -0.25) is 24.0 Å². The number of hydrogen-bond acceptors (Lipinski definition) is 8. The number of carbonyl (C=O) groups is 6. The fraction of sp³-hybridized carbons (Fsp3) is 0.684. The Labute approximate surface area is 173 Å². The van der Waals surface area contributed by atoms with E-state index < -0.39 is 41.9 Å². The lowest BCUT2D eigenvalue weighted by atomic mass is 10.1. The molecule has 0 aromatic heterocycles. The molecule has 0 aliphatic carbocycles. The molecule has 0 rings (SSSR count). The third-order valence-corrected chi connectivity index (χ3v) is 3.92. The van der Waals surface area contributed by atoms with E-state index in [0.29, 0.717) is 19.3 Å². The molecule has 30 heavy (non-hydrogen) atoms. The molecule has 11 heteroatoms. The maximum Gasteiger partial charge on any atom is 0.345 e. The van der Waals surface area contributed by atoms with Crippen LogP contribution in [0.4, 0.5) is 0 Å². The minimum absolute atomic E-state index is 0.00884. The lowest BCUT2D eigenvalue weighted by Gasteiger charge is -2.13. The van der Waals surface area contributed by atoms with Gasteiger partial charge in [0.1, 0.15) is 0 Å². The fourth-order valence-electron chi connectivity index (χ4n) is 2.38. The minimum atomic E-state index is -1.39. The van der Waals surface area contributed by atoms with E-state index in [0.717, 1.165) is 0 Å². The topological polar surface area (TPSA) is 182 Å². The number of esters is 3. The smallest absolute Gasteiger partial charge is 0.345 e. The maximum atomic E-state index is 11.7. The van der Waals surface area contributed by atoms with Crippen LogP contribution in [0.25, 0.3) is 0 Å². The SMILES string of the molecule is O=C(O)CCCCCC(=O)OC(=O)CCCC(=O)OC(CCCCC(=O)O)C(=O)O. The van der Waals surface area contributed by atoms with Gasteiger partial charge in [-0.15, -0.1) is 0 Å². The van der Waals surface area contributed by atoms with Crippen LogP contribution in [0.3, 0.4) is 0 Å². The Kier molecular flexibility index (Phi) is 14.3. The van der Waals surface area contributed by atoms with E-state index in [-0.39, 0.29) is 57.8 Å². The van der Waals surface area contributed by atoms with Crippen LogP contribution in [0.2, 0.25) is 0 Å². The molecule has 0 heterocycles. The van der Waals surface area contributed by atoms with Gasteiger partial charge < -0.3 is 24.8 Å². The zero-order valence-electron chi connectivity index (χ0n) is 16.7. The highest BCUT2D eigenvalue weighted by Gasteiger charge is 2.22. The quantitative estimate of drug-likeness (QED) is 0.173. The predicted octanol–water partition coefficient (Wildman–Crippen LogP) is 1.90. The number of rotatable bonds is 17. The van der Waals surface area contributed by atoms with Gasteiger partial charge in [0.2, 0.25) is 0 Å². The molecule has 0 saturated carbocycles. The minimum Gasteiger partial charge on any atom is -0.481 e. The maximum absolute atomic E-state index is 11.7. The van der Waals surface area contributed by atoms with Gasteiger partial charge in [-0.05, 0) is 38.5 Å². The van der Waals surface area contributed by atoms with E-state index in [4.69, 9.17) is 20.1 Å². The van der Waals surface area contributed by atoms with Crippen molar-refractivity contribution in [1.29, 1.82) is 0 Å². The molecular weight excluding hydrogens is 404 g/mol. The third kappa shape index (κ3) is 16.0. The number of carboxylic acids is 3. The van der Waals surface area contributed by atoms with E-state index in [9.17, 15) is 28.8 Å². The lowest BCUT2D eigenvalue weighted by Crippen LogP contribution is -2.27. The lowest BCUT2D eigenvalue weighted by molar-refractivity contribution is -0.165. The van der Waals surface area contributed by atoms with E-state index in [1.807, 2.05) is 0 Å². The molecule has 0 saturated heterocycles. The molecule has 0 aliphatic heterocycles. The van der Waals surface area contributed by atoms with Crippen molar-refractivity contribution in [3.63, 3.8) is 0 Å². The summed E-state index contributed by atoms with van der Waals surface area (Å²) in [4.78, 5) is 66.6. The van der Waals surface area contributed by atoms with Crippen molar-refractivity contribution in [1.82, 2.24) is 0 Å². The van der Waals surface area contributed by atoms with Gasteiger partial charge >= 0.3 is 35.8 Å². The van der Waals surface area contributed by atoms with Crippen molar-refractivity contribution >= 4 is 35.8 Å². The van der Waals surface area contributed by atoms with E-state index in [2.05, 4.69) is 4.74 Å². The van der Waals surface area contributed by atoms with Gasteiger partial charge in [-0.25, -0.2) is 4.79 Å². The largest absolute Gasteiger partial charge is 0.481 e. The number of ether oxygens (including phenoxy) is 2. The Morgan fingerprint density at radius 3 is 1.57 bits per heavy atom. The van der Waals surface area contributed by atoms with Crippen molar-refractivity contribution in [3.8, 4) is 0 Å². The molecule has 11 nitrogen and oxygen atoms in total. The molecule has 0 fully saturated rings. The number of unbranched alkanes of at least 4 members (excludes halogenated alkanes) is 3. The summed E-state index contributed by atoms with van der Waals surface area (Å²) in [6.45, 7) is 0. The zero-order chi connectivity index (χ0) is 22.9. The molecule has 0 aromatic rings. The molecule has 3 N–H and O–H groups in total. The highest BCUT2D eigenvalue weighted by Crippen LogP contribution is 2.11. The number of hydrogen-bond donors (Lipinski definition) is 3. The van der Waals surface area contributed by atoms with Crippen LogP contribution >= 0.6 is 0 Å². The standard InChI is InChI=1S/C19H28O11/c20-14(21)8-2-1-3-10-17(25)30-18(26)12-6-11-16(24)29-13(19(27)28)7-4-5-9-15(22)23/h13H,1-12H2,(H,20,21)(H,22,23)(H,27,28). The Bertz CT molecular complexity index is 612. The fourth-order valence-corrected chi connectivity index (χ4v) is 2.38. The predicted molar refractivity (Wildman–Crippen MR) is 99.3 cm³/mol. The van der Waals surface area contributed by atoms with E-state index in [1.54, 1.807) is 0 Å². The Morgan fingerprint density at radius 2 is 1.03 bits per heavy atom. The van der Waals surface area contributed by atoms with Gasteiger partial charge in [-0.1, -0.05) is 6.42 Å². The second kappa shape index (κ2) is 15.9. The van der Waals surface area contributed by atoms with Crippen molar-refractivity contribution in [2.75, 3.05) is 0 Å². The van der Waals surface area contributed by atoms with Gasteiger partial charge in [0, 0.05) is 32.1 Å². The first-order chi connectivity index (χ1) is 14.1. The zero-order valence-corrected chi connectivity index (χ0v) is 16.7. The molecule has 0 bridgehead atoms. The number of aliphatic carboxylic acids is 3. The summed E-state index contributed by atoms with van der Waals surface area (Å²) >= 11 is 0. The van der Waals surface area contributed by atoms with Crippen LogP contribution in [0.5, 0.6) is 0 Å². The van der Waals surface area contributed by atoms with Gasteiger partial charge in [-0.2, -0.15) is 0 Å². The summed E-state index contributed by atoms with van der Waals surface area (Å²) in [7, 11) is 0. The Hall–Kier alpha value is -2.98. The normalized spacial score (nSPS) is 11.3. The highest BCUT2D eigenvalue weighted by molar-refractivity contribution is 5.85. The summed E-state index contributed by atoms with van der Waals surface area (Å²) in [5.41, 5.74) is 0. The molecule has 0 amide bonds. The summed E-state index contributed by atoms with van der Waals surface area (Å²) in [6.07, 6.45) is -0.112. The number of carbonyl (C=O) groups excluding carboxylic acids is 3. The first kappa shape index (κ1) is 27.0. The van der Waals surface area contributed by atoms with E-state index >= 15 is 0 Å². The summed E-state index contributed by atoms with van der Waals surface area (Å²) in [6, 6.07) is 0. The average molecular weight is 432 g/mol. The second-order valence-electron chi connectivity index (χ2n) is 6.61. The third-order valence-electron chi connectivity index (χ3n) is 3.92. The number of carboxylic acid groups (broad SMARTS) is 3. The Morgan fingerprint density at radius 1 is 0.567 bits per heavy atom. The molecule has 1 atom stereocenters. The Balaban J connectivity index is 3.99. The van der Waals surface area contributed by atoms with Crippen LogP contribution < -0.4 is 0 Å². The molecule has 0 spiro atoms. The second-order valence-corrected chi connectivity index (χ2v) is 6.61. The van der Waals surface area contributed by atoms with Gasteiger partial charge in [0.15, 0.2) is 6.10 Å². The molecule has 0 aromatic carbocycles. The molecule has 170 valence electrons. The van der Waals surface area contributed by atoms with Crippen molar-refractivity contribution in [2.45, 2.75) is 83.2 Å². The summed E-state index contributed by atoms with van der Waals surface area (Å²) in [5.74, 6) is -5.63. The molecule has 0 aliphatic rings. The summed E-state index contributed by atoms with van der Waals surface area (Å²) in [5, 5.41) is 26.1. The molecule has 0 radical (unpaired) electrons. The van der Waals surface area contributed by atoms with Crippen molar-refractivity contribution in [3.05, 3.63) is 0 Å². The molecular formula is C19H28O11. The average Bonchev–Trinajstić information content (AvgIpc) is 2.63. The van der Waals surface area contributed by atoms with Crippen LogP contribution in [-0.4, -0.2) is 57.2 Å². The van der Waals surface area contributed by atoms with Crippen LogP contribution in [0.15, 0.2) is 0 Å². The van der Waals surface area contributed by atoms with Gasteiger partial charge in [0.25, 0.3) is 0 Å². The van der Waals surface area contributed by atoms with Crippen LogP contribution in [0.1, 0.15) is 77.0 Å².